The molecule has 4 nitrogen and oxygen atoms in total. The molecule has 0 radical (unpaired) electrons. The summed E-state index contributed by atoms with van der Waals surface area (Å²) < 4.78 is 0. The van der Waals surface area contributed by atoms with Crippen LogP contribution < -0.4 is 5.32 Å². The van der Waals surface area contributed by atoms with Gasteiger partial charge < -0.3 is 5.32 Å². The number of aromatic nitrogens is 2. The highest BCUT2D eigenvalue weighted by atomic mass is 35.5. The molecule has 1 aliphatic heterocycles. The fraction of sp³-hybridized carbons (Fsp3) is 0.280. The molecule has 3 heterocycles. The minimum Gasteiger partial charge on any atom is -0.369 e. The van der Waals surface area contributed by atoms with Crippen LogP contribution in [0.1, 0.15) is 31.0 Å². The second-order valence-corrected chi connectivity index (χ2v) is 8.03. The summed E-state index contributed by atoms with van der Waals surface area (Å²) >= 11 is 5.95. The maximum absolute atomic E-state index is 5.95. The summed E-state index contributed by atoms with van der Waals surface area (Å²) in [4.78, 5) is 11.5. The molecule has 1 aromatic carbocycles. The number of rotatable bonds is 5. The number of nitrogens with one attached hydrogen (secondary N) is 1. The first kappa shape index (κ1) is 20.4. The van der Waals surface area contributed by atoms with Crippen molar-refractivity contribution in [3.8, 4) is 23.0 Å². The highest BCUT2D eigenvalue weighted by Gasteiger charge is 2.17. The molecular formula is C25H25ClN4. The summed E-state index contributed by atoms with van der Waals surface area (Å²) in [6.07, 6.45) is 6.27. The molecule has 0 spiro atoms. The van der Waals surface area contributed by atoms with Gasteiger partial charge in [0.15, 0.2) is 0 Å². The third-order valence-electron chi connectivity index (χ3n) is 5.38. The summed E-state index contributed by atoms with van der Waals surface area (Å²) in [5.74, 6) is 7.13. The molecule has 1 N–H and O–H groups in total. The highest BCUT2D eigenvalue weighted by molar-refractivity contribution is 6.30. The van der Waals surface area contributed by atoms with Crippen LogP contribution in [0.4, 0.5) is 5.82 Å². The molecule has 2 aromatic heterocycles. The number of halogens is 1. The fourth-order valence-electron chi connectivity index (χ4n) is 3.55. The molecule has 0 aliphatic carbocycles. The molecule has 30 heavy (non-hydrogen) atoms. The van der Waals surface area contributed by atoms with Crippen LogP contribution in [-0.2, 0) is 0 Å². The Morgan fingerprint density at radius 3 is 2.37 bits per heavy atom. The van der Waals surface area contributed by atoms with E-state index in [0.29, 0.717) is 6.04 Å². The summed E-state index contributed by atoms with van der Waals surface area (Å²) in [5, 5.41) is 4.15. The van der Waals surface area contributed by atoms with E-state index in [-0.39, 0.29) is 0 Å². The van der Waals surface area contributed by atoms with Crippen molar-refractivity contribution >= 4 is 17.4 Å². The van der Waals surface area contributed by atoms with Gasteiger partial charge in [-0.25, -0.2) is 9.97 Å². The van der Waals surface area contributed by atoms with Gasteiger partial charge in [0.05, 0.1) is 0 Å². The molecular weight excluding hydrogens is 392 g/mol. The van der Waals surface area contributed by atoms with Crippen LogP contribution in [0.3, 0.4) is 0 Å². The van der Waals surface area contributed by atoms with Crippen LogP contribution in [0.2, 0.25) is 5.02 Å². The minimum atomic E-state index is 0.524. The Morgan fingerprint density at radius 2 is 1.70 bits per heavy atom. The molecule has 5 heteroatoms. The van der Waals surface area contributed by atoms with Gasteiger partial charge in [-0.3, -0.25) is 4.90 Å². The monoisotopic (exact) mass is 416 g/mol. The summed E-state index contributed by atoms with van der Waals surface area (Å²) in [6.45, 7) is 5.59. The Bertz CT molecular complexity index is 1010. The zero-order chi connectivity index (χ0) is 20.8. The standard InChI is InChI=1S/C25H25ClN4/c1-19(30-14-2-3-15-30)16-28-25-13-5-20(17-29-25)4-11-24-12-8-22(18-27-24)21-6-9-23(26)10-7-21/h5-10,12-13,17-19H,2-3,14-16H2,1H3,(H,28,29). The number of anilines is 1. The lowest BCUT2D eigenvalue weighted by Gasteiger charge is -2.24. The van der Waals surface area contributed by atoms with Crippen LogP contribution in [0.15, 0.2) is 60.9 Å². The lowest BCUT2D eigenvalue weighted by molar-refractivity contribution is 0.269. The van der Waals surface area contributed by atoms with Crippen molar-refractivity contribution in [3.63, 3.8) is 0 Å². The summed E-state index contributed by atoms with van der Waals surface area (Å²) in [7, 11) is 0. The van der Waals surface area contributed by atoms with Gasteiger partial charge in [-0.2, -0.15) is 0 Å². The van der Waals surface area contributed by atoms with Crippen molar-refractivity contribution in [2.75, 3.05) is 25.0 Å². The molecule has 1 aliphatic rings. The van der Waals surface area contributed by atoms with Gasteiger partial charge >= 0.3 is 0 Å². The molecule has 3 aromatic rings. The quantitative estimate of drug-likeness (QED) is 0.588. The van der Waals surface area contributed by atoms with Gasteiger partial charge in [0.25, 0.3) is 0 Å². The SMILES string of the molecule is CC(CNc1ccc(C#Cc2ccc(-c3ccc(Cl)cc3)cn2)cn1)N1CCCC1. The van der Waals surface area contributed by atoms with Crippen LogP contribution in [0.25, 0.3) is 11.1 Å². The number of benzene rings is 1. The van der Waals surface area contributed by atoms with Crippen molar-refractivity contribution in [1.29, 1.82) is 0 Å². The third-order valence-corrected chi connectivity index (χ3v) is 5.63. The molecule has 152 valence electrons. The molecule has 0 amide bonds. The van der Waals surface area contributed by atoms with Gasteiger partial charge in [-0.05, 0) is 74.7 Å². The van der Waals surface area contributed by atoms with Crippen LogP contribution in [-0.4, -0.2) is 40.5 Å². The molecule has 1 atom stereocenters. The van der Waals surface area contributed by atoms with E-state index in [1.165, 1.54) is 25.9 Å². The van der Waals surface area contributed by atoms with Crippen LogP contribution >= 0.6 is 11.6 Å². The van der Waals surface area contributed by atoms with Gasteiger partial charge in [-0.15, -0.1) is 0 Å². The number of pyridine rings is 2. The molecule has 4 rings (SSSR count). The fourth-order valence-corrected chi connectivity index (χ4v) is 3.68. The lowest BCUT2D eigenvalue weighted by Crippen LogP contribution is -2.35. The van der Waals surface area contributed by atoms with Crippen molar-refractivity contribution < 1.29 is 0 Å². The maximum Gasteiger partial charge on any atom is 0.126 e. The number of likely N-dealkylation sites (tertiary alicyclic amines) is 1. The second kappa shape index (κ2) is 9.75. The third kappa shape index (κ3) is 5.38. The van der Waals surface area contributed by atoms with Crippen molar-refractivity contribution in [2.45, 2.75) is 25.8 Å². The molecule has 0 bridgehead atoms. The average molecular weight is 417 g/mol. The smallest absolute Gasteiger partial charge is 0.126 e. The van der Waals surface area contributed by atoms with E-state index in [2.05, 4.69) is 38.9 Å². The molecule has 1 fully saturated rings. The van der Waals surface area contributed by atoms with E-state index in [9.17, 15) is 0 Å². The molecule has 1 unspecified atom stereocenters. The van der Waals surface area contributed by atoms with E-state index in [1.807, 2.05) is 54.7 Å². The van der Waals surface area contributed by atoms with Crippen LogP contribution in [0.5, 0.6) is 0 Å². The Morgan fingerprint density at radius 1 is 0.933 bits per heavy atom. The van der Waals surface area contributed by atoms with E-state index < -0.39 is 0 Å². The van der Waals surface area contributed by atoms with E-state index in [0.717, 1.165) is 39.8 Å². The first-order chi connectivity index (χ1) is 14.7. The Hall–Kier alpha value is -2.87. The first-order valence-electron chi connectivity index (χ1n) is 10.4. The maximum atomic E-state index is 5.95. The first-order valence-corrected chi connectivity index (χ1v) is 10.7. The van der Waals surface area contributed by atoms with Crippen molar-refractivity contribution in [2.24, 2.45) is 0 Å². The minimum absolute atomic E-state index is 0.524. The largest absolute Gasteiger partial charge is 0.369 e. The van der Waals surface area contributed by atoms with Gasteiger partial charge in [0, 0.05) is 41.1 Å². The summed E-state index contributed by atoms with van der Waals surface area (Å²) in [6, 6.07) is 16.2. The normalized spacial score (nSPS) is 14.7. The lowest BCUT2D eigenvalue weighted by atomic mass is 10.1. The van der Waals surface area contributed by atoms with Gasteiger partial charge in [0.2, 0.25) is 0 Å². The van der Waals surface area contributed by atoms with Gasteiger partial charge in [-0.1, -0.05) is 35.7 Å². The zero-order valence-corrected chi connectivity index (χ0v) is 17.9. The van der Waals surface area contributed by atoms with Gasteiger partial charge in [0.1, 0.15) is 11.5 Å². The predicted octanol–water partition coefficient (Wildman–Crippen LogP) is 5.09. The summed E-state index contributed by atoms with van der Waals surface area (Å²) in [5.41, 5.74) is 3.72. The molecule has 0 saturated carbocycles. The Balaban J connectivity index is 1.34. The molecule has 1 saturated heterocycles. The number of hydrogen-bond acceptors (Lipinski definition) is 4. The van der Waals surface area contributed by atoms with E-state index in [4.69, 9.17) is 11.6 Å². The Kier molecular flexibility index (Phi) is 6.63. The Labute approximate surface area is 183 Å². The number of nitrogens with zero attached hydrogens (tertiary/aromatic N) is 3. The average Bonchev–Trinajstić information content (AvgIpc) is 3.33. The van der Waals surface area contributed by atoms with Crippen LogP contribution in [0, 0.1) is 11.8 Å². The predicted molar refractivity (Wildman–Crippen MR) is 124 cm³/mol. The topological polar surface area (TPSA) is 41.1 Å². The van der Waals surface area contributed by atoms with E-state index in [1.54, 1.807) is 6.20 Å². The number of hydrogen-bond donors (Lipinski definition) is 1. The highest BCUT2D eigenvalue weighted by Crippen LogP contribution is 2.20. The van der Waals surface area contributed by atoms with Crippen molar-refractivity contribution in [1.82, 2.24) is 14.9 Å². The van der Waals surface area contributed by atoms with Crippen molar-refractivity contribution in [3.05, 3.63) is 77.2 Å². The second-order valence-electron chi connectivity index (χ2n) is 7.59. The zero-order valence-electron chi connectivity index (χ0n) is 17.1. The van der Waals surface area contributed by atoms with E-state index >= 15 is 0 Å².